The van der Waals surface area contributed by atoms with Crippen molar-refractivity contribution in [1.29, 1.82) is 0 Å². The molecule has 1 aromatic carbocycles. The predicted molar refractivity (Wildman–Crippen MR) is 81.6 cm³/mol. The van der Waals surface area contributed by atoms with E-state index in [1.807, 2.05) is 29.8 Å². The van der Waals surface area contributed by atoms with Crippen LogP contribution in [0.1, 0.15) is 12.1 Å². The van der Waals surface area contributed by atoms with E-state index in [-0.39, 0.29) is 0 Å². The molecule has 0 saturated carbocycles. The molecule has 0 saturated heterocycles. The highest BCUT2D eigenvalue weighted by molar-refractivity contribution is 7.07. The summed E-state index contributed by atoms with van der Waals surface area (Å²) in [5, 5.41) is 2.09. The Hall–Kier alpha value is -1.59. The van der Waals surface area contributed by atoms with Gasteiger partial charge in [-0.15, -0.1) is 11.3 Å². The van der Waals surface area contributed by atoms with Gasteiger partial charge in [0.25, 0.3) is 0 Å². The van der Waals surface area contributed by atoms with E-state index in [0.29, 0.717) is 6.61 Å². The van der Waals surface area contributed by atoms with Gasteiger partial charge >= 0.3 is 0 Å². The Balaban J connectivity index is 1.65. The summed E-state index contributed by atoms with van der Waals surface area (Å²) in [6.45, 7) is 2.58. The Morgan fingerprint density at radius 1 is 1.30 bits per heavy atom. The number of hydrogen-bond donors (Lipinski definition) is 0. The van der Waals surface area contributed by atoms with E-state index in [4.69, 9.17) is 9.47 Å². The smallest absolute Gasteiger partial charge is 0.122 e. The summed E-state index contributed by atoms with van der Waals surface area (Å²) < 4.78 is 10.9. The third-order valence-electron chi connectivity index (χ3n) is 2.91. The zero-order chi connectivity index (χ0) is 14.2. The van der Waals surface area contributed by atoms with Gasteiger partial charge < -0.3 is 14.4 Å². The van der Waals surface area contributed by atoms with Gasteiger partial charge in [-0.2, -0.15) is 0 Å². The number of aromatic nitrogens is 1. The quantitative estimate of drug-likeness (QED) is 0.700. The molecule has 2 aromatic rings. The Labute approximate surface area is 124 Å². The molecule has 0 fully saturated rings. The zero-order valence-corrected chi connectivity index (χ0v) is 12.7. The maximum Gasteiger partial charge on any atom is 0.122 e. The number of benzene rings is 1. The van der Waals surface area contributed by atoms with Crippen LogP contribution in [0.25, 0.3) is 0 Å². The molecule has 0 aliphatic heterocycles. The van der Waals surface area contributed by atoms with Crippen molar-refractivity contribution >= 4 is 11.3 Å². The number of nitrogens with zero attached hydrogens (tertiary/aromatic N) is 2. The summed E-state index contributed by atoms with van der Waals surface area (Å²) in [7, 11) is 3.76. The average molecular weight is 292 g/mol. The fourth-order valence-electron chi connectivity index (χ4n) is 1.89. The third kappa shape index (κ3) is 4.83. The van der Waals surface area contributed by atoms with Crippen LogP contribution >= 0.6 is 11.3 Å². The molecule has 1 heterocycles. The molecular formula is C15H20N2O2S. The van der Waals surface area contributed by atoms with Crippen LogP contribution in [0.3, 0.4) is 0 Å². The second-order valence-corrected chi connectivity index (χ2v) is 5.32. The van der Waals surface area contributed by atoms with Gasteiger partial charge in [0.1, 0.15) is 11.5 Å². The zero-order valence-electron chi connectivity index (χ0n) is 11.9. The molecule has 0 aliphatic carbocycles. The molecule has 0 bridgehead atoms. The Morgan fingerprint density at radius 3 is 2.90 bits per heavy atom. The highest BCUT2D eigenvalue weighted by atomic mass is 32.1. The summed E-state index contributed by atoms with van der Waals surface area (Å²) in [4.78, 5) is 6.54. The van der Waals surface area contributed by atoms with Crippen molar-refractivity contribution in [2.75, 3.05) is 27.3 Å². The molecule has 0 N–H and O–H groups in total. The van der Waals surface area contributed by atoms with Crippen LogP contribution in [0, 0.1) is 0 Å². The van der Waals surface area contributed by atoms with Crippen molar-refractivity contribution in [2.45, 2.75) is 13.0 Å². The largest absolute Gasteiger partial charge is 0.497 e. The van der Waals surface area contributed by atoms with Gasteiger partial charge in [-0.25, -0.2) is 4.98 Å². The summed E-state index contributed by atoms with van der Waals surface area (Å²) in [5.41, 5.74) is 3.00. The van der Waals surface area contributed by atoms with Crippen molar-refractivity contribution < 1.29 is 9.47 Å². The highest BCUT2D eigenvalue weighted by Gasteiger charge is 2.02. The number of ether oxygens (including phenoxy) is 2. The maximum atomic E-state index is 5.71. The molecule has 0 amide bonds. The van der Waals surface area contributed by atoms with Gasteiger partial charge in [0, 0.05) is 24.5 Å². The SMILES string of the molecule is COc1cccc(OCCCN(C)Cc2cscn2)c1. The molecule has 1 aromatic heterocycles. The van der Waals surface area contributed by atoms with E-state index < -0.39 is 0 Å². The first-order valence-corrected chi connectivity index (χ1v) is 7.54. The molecule has 0 radical (unpaired) electrons. The summed E-state index contributed by atoms with van der Waals surface area (Å²) in [6.07, 6.45) is 0.984. The fraction of sp³-hybridized carbons (Fsp3) is 0.400. The standard InChI is InChI=1S/C15H20N2O2S/c1-17(10-13-11-20-12-16-13)7-4-8-19-15-6-3-5-14(9-15)18-2/h3,5-6,9,11-12H,4,7-8,10H2,1-2H3. The van der Waals surface area contributed by atoms with Gasteiger partial charge in [0.2, 0.25) is 0 Å². The van der Waals surface area contributed by atoms with Crippen LogP contribution in [-0.2, 0) is 6.54 Å². The summed E-state index contributed by atoms with van der Waals surface area (Å²) in [6, 6.07) is 7.69. The van der Waals surface area contributed by atoms with Crippen molar-refractivity contribution in [3.05, 3.63) is 40.8 Å². The van der Waals surface area contributed by atoms with Crippen molar-refractivity contribution in [3.63, 3.8) is 0 Å². The van der Waals surface area contributed by atoms with Gasteiger partial charge in [-0.1, -0.05) is 6.07 Å². The highest BCUT2D eigenvalue weighted by Crippen LogP contribution is 2.18. The first-order chi connectivity index (χ1) is 9.78. The minimum Gasteiger partial charge on any atom is -0.497 e. The van der Waals surface area contributed by atoms with Gasteiger partial charge in [0.05, 0.1) is 24.9 Å². The van der Waals surface area contributed by atoms with Gasteiger partial charge in [-0.05, 0) is 25.6 Å². The summed E-state index contributed by atoms with van der Waals surface area (Å²) in [5.74, 6) is 1.68. The lowest BCUT2D eigenvalue weighted by Crippen LogP contribution is -2.20. The fourth-order valence-corrected chi connectivity index (χ4v) is 2.44. The average Bonchev–Trinajstić information content (AvgIpc) is 2.97. The summed E-state index contributed by atoms with van der Waals surface area (Å²) >= 11 is 1.64. The number of methoxy groups -OCH3 is 1. The molecule has 2 rings (SSSR count). The van der Waals surface area contributed by atoms with Gasteiger partial charge in [-0.3, -0.25) is 0 Å². The van der Waals surface area contributed by atoms with E-state index in [1.165, 1.54) is 0 Å². The van der Waals surface area contributed by atoms with E-state index in [2.05, 4.69) is 22.3 Å². The van der Waals surface area contributed by atoms with E-state index in [1.54, 1.807) is 18.4 Å². The van der Waals surface area contributed by atoms with Crippen LogP contribution in [0.15, 0.2) is 35.2 Å². The molecular weight excluding hydrogens is 272 g/mol. The van der Waals surface area contributed by atoms with Gasteiger partial charge in [0.15, 0.2) is 0 Å². The van der Waals surface area contributed by atoms with E-state index in [0.717, 1.165) is 36.7 Å². The van der Waals surface area contributed by atoms with Crippen LogP contribution in [0.5, 0.6) is 11.5 Å². The monoisotopic (exact) mass is 292 g/mol. The van der Waals surface area contributed by atoms with Crippen LogP contribution in [-0.4, -0.2) is 37.2 Å². The minimum absolute atomic E-state index is 0.703. The normalized spacial score (nSPS) is 10.8. The lowest BCUT2D eigenvalue weighted by Gasteiger charge is -2.15. The third-order valence-corrected chi connectivity index (χ3v) is 3.54. The number of thiazole rings is 1. The topological polar surface area (TPSA) is 34.6 Å². The van der Waals surface area contributed by atoms with Crippen molar-refractivity contribution in [3.8, 4) is 11.5 Å². The van der Waals surface area contributed by atoms with E-state index >= 15 is 0 Å². The second-order valence-electron chi connectivity index (χ2n) is 4.60. The Bertz CT molecular complexity index is 502. The predicted octanol–water partition coefficient (Wildman–Crippen LogP) is 3.05. The molecule has 4 nitrogen and oxygen atoms in total. The molecule has 0 atom stereocenters. The molecule has 108 valence electrons. The second kappa shape index (κ2) is 7.87. The van der Waals surface area contributed by atoms with Crippen molar-refractivity contribution in [2.24, 2.45) is 0 Å². The maximum absolute atomic E-state index is 5.71. The number of rotatable bonds is 8. The minimum atomic E-state index is 0.703. The first kappa shape index (κ1) is 14.8. The van der Waals surface area contributed by atoms with Crippen molar-refractivity contribution in [1.82, 2.24) is 9.88 Å². The number of hydrogen-bond acceptors (Lipinski definition) is 5. The Kier molecular flexibility index (Phi) is 5.83. The lowest BCUT2D eigenvalue weighted by atomic mass is 10.3. The molecule has 0 unspecified atom stereocenters. The van der Waals surface area contributed by atoms with Crippen LogP contribution in [0.4, 0.5) is 0 Å². The molecule has 0 spiro atoms. The van der Waals surface area contributed by atoms with Crippen LogP contribution < -0.4 is 9.47 Å². The lowest BCUT2D eigenvalue weighted by molar-refractivity contribution is 0.257. The van der Waals surface area contributed by atoms with Crippen LogP contribution in [0.2, 0.25) is 0 Å². The molecule has 5 heteroatoms. The van der Waals surface area contributed by atoms with E-state index in [9.17, 15) is 0 Å². The Morgan fingerprint density at radius 2 is 2.15 bits per heavy atom. The first-order valence-electron chi connectivity index (χ1n) is 6.60. The molecule has 20 heavy (non-hydrogen) atoms. The molecule has 0 aliphatic rings.